The number of piperazine rings is 1. The van der Waals surface area contributed by atoms with E-state index in [4.69, 9.17) is 4.74 Å². The lowest BCUT2D eigenvalue weighted by Gasteiger charge is -2.38. The second kappa shape index (κ2) is 7.54. The molecule has 1 fully saturated rings. The minimum Gasteiger partial charge on any atom is -0.479 e. The molecular formula is C22H25N3O3. The van der Waals surface area contributed by atoms with E-state index in [-0.39, 0.29) is 18.4 Å². The first-order valence-electron chi connectivity index (χ1n) is 9.70. The van der Waals surface area contributed by atoms with E-state index in [1.54, 1.807) is 11.8 Å². The summed E-state index contributed by atoms with van der Waals surface area (Å²) in [5.41, 5.74) is 3.13. The van der Waals surface area contributed by atoms with Gasteiger partial charge in [0.1, 0.15) is 12.3 Å². The van der Waals surface area contributed by atoms with Crippen molar-refractivity contribution in [2.24, 2.45) is 0 Å². The molecule has 1 atom stereocenters. The molecular weight excluding hydrogens is 354 g/mol. The lowest BCUT2D eigenvalue weighted by Crippen LogP contribution is -2.54. The highest BCUT2D eigenvalue weighted by Gasteiger charge is 2.34. The fourth-order valence-corrected chi connectivity index (χ4v) is 3.87. The Morgan fingerprint density at radius 2 is 1.64 bits per heavy atom. The molecule has 28 heavy (non-hydrogen) atoms. The van der Waals surface area contributed by atoms with E-state index in [1.807, 2.05) is 41.3 Å². The van der Waals surface area contributed by atoms with Gasteiger partial charge in [-0.3, -0.25) is 14.5 Å². The molecule has 0 N–H and O–H groups in total. The number of nitrogens with zero attached hydrogens (tertiary/aromatic N) is 3. The molecule has 146 valence electrons. The van der Waals surface area contributed by atoms with Gasteiger partial charge in [-0.1, -0.05) is 30.3 Å². The predicted octanol–water partition coefficient (Wildman–Crippen LogP) is 2.46. The van der Waals surface area contributed by atoms with Crippen LogP contribution in [0.15, 0.2) is 48.5 Å². The summed E-state index contributed by atoms with van der Waals surface area (Å²) in [6.45, 7) is 6.77. The highest BCUT2D eigenvalue weighted by atomic mass is 16.5. The van der Waals surface area contributed by atoms with Gasteiger partial charge < -0.3 is 14.5 Å². The van der Waals surface area contributed by atoms with Gasteiger partial charge in [-0.2, -0.15) is 0 Å². The van der Waals surface area contributed by atoms with Crippen LogP contribution in [-0.2, 0) is 9.59 Å². The third-order valence-electron chi connectivity index (χ3n) is 5.46. The normalized spacial score (nSPS) is 19.3. The molecule has 0 spiro atoms. The summed E-state index contributed by atoms with van der Waals surface area (Å²) in [4.78, 5) is 31.2. The number of carbonyl (C=O) groups is 2. The maximum atomic E-state index is 12.9. The molecule has 2 amide bonds. The fraction of sp³-hybridized carbons (Fsp3) is 0.364. The van der Waals surface area contributed by atoms with Crippen LogP contribution in [0.3, 0.4) is 0 Å². The van der Waals surface area contributed by atoms with Crippen LogP contribution in [0.4, 0.5) is 11.4 Å². The van der Waals surface area contributed by atoms with Gasteiger partial charge in [0, 0.05) is 31.9 Å². The van der Waals surface area contributed by atoms with E-state index in [0.717, 1.165) is 13.1 Å². The van der Waals surface area contributed by atoms with E-state index >= 15 is 0 Å². The molecule has 2 aliphatic rings. The Morgan fingerprint density at radius 1 is 1.00 bits per heavy atom. The molecule has 4 rings (SSSR count). The number of carbonyl (C=O) groups excluding carboxylic acids is 2. The van der Waals surface area contributed by atoms with Crippen LogP contribution in [0, 0.1) is 6.92 Å². The van der Waals surface area contributed by atoms with Crippen molar-refractivity contribution in [1.29, 1.82) is 0 Å². The Labute approximate surface area is 165 Å². The largest absolute Gasteiger partial charge is 0.479 e. The summed E-state index contributed by atoms with van der Waals surface area (Å²) in [5.74, 6) is 0.444. The quantitative estimate of drug-likeness (QED) is 0.822. The molecule has 6 heteroatoms. The maximum absolute atomic E-state index is 12.9. The zero-order chi connectivity index (χ0) is 19.7. The Bertz CT molecular complexity index is 890. The molecule has 0 aromatic heterocycles. The molecule has 2 aromatic carbocycles. The lowest BCUT2D eigenvalue weighted by atomic mass is 10.1. The van der Waals surface area contributed by atoms with Gasteiger partial charge in [-0.25, -0.2) is 0 Å². The van der Waals surface area contributed by atoms with E-state index in [2.05, 4.69) is 24.0 Å². The molecule has 1 unspecified atom stereocenters. The molecule has 0 radical (unpaired) electrons. The average molecular weight is 379 g/mol. The Morgan fingerprint density at radius 3 is 2.36 bits per heavy atom. The zero-order valence-corrected chi connectivity index (χ0v) is 16.3. The summed E-state index contributed by atoms with van der Waals surface area (Å²) in [5, 5.41) is 0. The van der Waals surface area contributed by atoms with Gasteiger partial charge in [0.25, 0.3) is 5.91 Å². The number of hydrogen-bond acceptors (Lipinski definition) is 4. The summed E-state index contributed by atoms with van der Waals surface area (Å²) in [6.07, 6.45) is -0.583. The van der Waals surface area contributed by atoms with Gasteiger partial charge in [-0.05, 0) is 37.6 Å². The Hall–Kier alpha value is -3.02. The SMILES string of the molecule is Cc1ccccc1N1CCN(C(=O)CN2C(=O)C(C)Oc3ccccc32)CC1. The molecule has 0 aliphatic carbocycles. The molecule has 2 aromatic rings. The van der Waals surface area contributed by atoms with Crippen LogP contribution in [-0.4, -0.2) is 55.5 Å². The summed E-state index contributed by atoms with van der Waals surface area (Å²) in [7, 11) is 0. The number of anilines is 2. The van der Waals surface area contributed by atoms with Crippen LogP contribution >= 0.6 is 0 Å². The van der Waals surface area contributed by atoms with E-state index in [1.165, 1.54) is 11.3 Å². The predicted molar refractivity (Wildman–Crippen MR) is 109 cm³/mol. The van der Waals surface area contributed by atoms with Crippen LogP contribution in [0.25, 0.3) is 0 Å². The average Bonchev–Trinajstić information content (AvgIpc) is 2.72. The third-order valence-corrected chi connectivity index (χ3v) is 5.46. The van der Waals surface area contributed by atoms with Crippen molar-refractivity contribution in [2.75, 3.05) is 42.5 Å². The highest BCUT2D eigenvalue weighted by Crippen LogP contribution is 2.33. The first-order valence-corrected chi connectivity index (χ1v) is 9.70. The molecule has 1 saturated heterocycles. The van der Waals surface area contributed by atoms with Crippen molar-refractivity contribution in [2.45, 2.75) is 20.0 Å². The highest BCUT2D eigenvalue weighted by molar-refractivity contribution is 6.03. The van der Waals surface area contributed by atoms with Gasteiger partial charge in [0.05, 0.1) is 5.69 Å². The van der Waals surface area contributed by atoms with Crippen LogP contribution in [0.1, 0.15) is 12.5 Å². The smallest absolute Gasteiger partial charge is 0.268 e. The number of fused-ring (bicyclic) bond motifs is 1. The second-order valence-electron chi connectivity index (χ2n) is 7.31. The maximum Gasteiger partial charge on any atom is 0.268 e. The van der Waals surface area contributed by atoms with Gasteiger partial charge in [-0.15, -0.1) is 0 Å². The minimum atomic E-state index is -0.583. The van der Waals surface area contributed by atoms with E-state index < -0.39 is 6.10 Å². The van der Waals surface area contributed by atoms with Crippen LogP contribution in [0.5, 0.6) is 5.75 Å². The molecule has 0 saturated carbocycles. The number of ether oxygens (including phenoxy) is 1. The standard InChI is InChI=1S/C22H25N3O3/c1-16-7-3-4-8-18(16)23-11-13-24(14-12-23)21(26)15-25-19-9-5-6-10-20(19)28-17(2)22(25)27/h3-10,17H,11-15H2,1-2H3. The third kappa shape index (κ3) is 3.42. The molecule has 2 aliphatic heterocycles. The number of rotatable bonds is 3. The van der Waals surface area contributed by atoms with Crippen molar-refractivity contribution >= 4 is 23.2 Å². The number of amides is 2. The first-order chi connectivity index (χ1) is 13.5. The van der Waals surface area contributed by atoms with Crippen LogP contribution < -0.4 is 14.5 Å². The number of aryl methyl sites for hydroxylation is 1. The summed E-state index contributed by atoms with van der Waals surface area (Å²) < 4.78 is 5.65. The van der Waals surface area contributed by atoms with Gasteiger partial charge >= 0.3 is 0 Å². The van der Waals surface area contributed by atoms with Crippen molar-refractivity contribution in [1.82, 2.24) is 4.90 Å². The number of para-hydroxylation sites is 3. The topological polar surface area (TPSA) is 53.1 Å². The fourth-order valence-electron chi connectivity index (χ4n) is 3.87. The lowest BCUT2D eigenvalue weighted by molar-refractivity contribution is -0.133. The van der Waals surface area contributed by atoms with Gasteiger partial charge in [0.15, 0.2) is 6.10 Å². The number of hydrogen-bond donors (Lipinski definition) is 0. The summed E-state index contributed by atoms with van der Waals surface area (Å²) >= 11 is 0. The van der Waals surface area contributed by atoms with Crippen molar-refractivity contribution in [3.8, 4) is 5.75 Å². The van der Waals surface area contributed by atoms with E-state index in [9.17, 15) is 9.59 Å². The minimum absolute atomic E-state index is 0.0262. The van der Waals surface area contributed by atoms with E-state index in [0.29, 0.717) is 24.5 Å². The zero-order valence-electron chi connectivity index (χ0n) is 16.3. The second-order valence-corrected chi connectivity index (χ2v) is 7.31. The van der Waals surface area contributed by atoms with Crippen molar-refractivity contribution in [3.05, 3.63) is 54.1 Å². The molecule has 0 bridgehead atoms. The van der Waals surface area contributed by atoms with Crippen LogP contribution in [0.2, 0.25) is 0 Å². The van der Waals surface area contributed by atoms with Crippen molar-refractivity contribution in [3.63, 3.8) is 0 Å². The number of benzene rings is 2. The molecule has 2 heterocycles. The Balaban J connectivity index is 1.42. The van der Waals surface area contributed by atoms with Crippen molar-refractivity contribution < 1.29 is 14.3 Å². The Kier molecular flexibility index (Phi) is 4.94. The monoisotopic (exact) mass is 379 g/mol. The summed E-state index contributed by atoms with van der Waals surface area (Å²) in [6, 6.07) is 15.7. The van der Waals surface area contributed by atoms with Gasteiger partial charge in [0.2, 0.25) is 5.91 Å². The first kappa shape index (κ1) is 18.3. The molecule has 6 nitrogen and oxygen atoms in total.